The Bertz CT molecular complexity index is 1670. The predicted octanol–water partition coefficient (Wildman–Crippen LogP) is 3.59. The average molecular weight is 588 g/mol. The molecule has 0 radical (unpaired) electrons. The van der Waals surface area contributed by atoms with E-state index in [0.29, 0.717) is 29.8 Å². The van der Waals surface area contributed by atoms with Crippen LogP contribution in [0.25, 0.3) is 5.65 Å². The Hall–Kier alpha value is -2.92. The van der Waals surface area contributed by atoms with E-state index >= 15 is 0 Å². The third-order valence-corrected chi connectivity index (χ3v) is 13.1. The SMILES string of the molecule is CC(C)[SH](=O)(P)c1ccccc1Nc1nc(Nc2ccc3c(c2)CCN(CCS(C)(=O)=O)C3)nc2ccnn12. The molecule has 3 heterocycles. The molecule has 0 spiro atoms. The lowest BCUT2D eigenvalue weighted by Gasteiger charge is -2.28. The number of aromatic nitrogens is 4. The van der Waals surface area contributed by atoms with Gasteiger partial charge in [0.05, 0.1) is 17.6 Å². The van der Waals surface area contributed by atoms with Crippen molar-refractivity contribution in [2.75, 3.05) is 35.7 Å². The van der Waals surface area contributed by atoms with E-state index in [1.165, 1.54) is 17.4 Å². The van der Waals surface area contributed by atoms with Crippen LogP contribution in [0.2, 0.25) is 0 Å². The van der Waals surface area contributed by atoms with Crippen LogP contribution in [0.5, 0.6) is 0 Å². The molecule has 4 aromatic rings. The minimum atomic E-state index is -2.98. The average Bonchev–Trinajstić information content (AvgIpc) is 3.36. The highest BCUT2D eigenvalue weighted by atomic mass is 32.8. The van der Waals surface area contributed by atoms with Gasteiger partial charge in [0.1, 0.15) is 9.84 Å². The molecule has 2 aromatic heterocycles. The summed E-state index contributed by atoms with van der Waals surface area (Å²) < 4.78 is 38.2. The second-order valence-electron chi connectivity index (χ2n) is 10.2. The lowest BCUT2D eigenvalue weighted by atomic mass is 9.99. The second-order valence-corrected chi connectivity index (χ2v) is 17.7. The first-order chi connectivity index (χ1) is 18.5. The third kappa shape index (κ3) is 6.30. The van der Waals surface area contributed by atoms with Crippen molar-refractivity contribution in [1.82, 2.24) is 24.5 Å². The molecule has 1 aliphatic heterocycles. The Balaban J connectivity index is 1.39. The van der Waals surface area contributed by atoms with Crippen LogP contribution in [0.15, 0.2) is 59.6 Å². The Labute approximate surface area is 231 Å². The first kappa shape index (κ1) is 27.6. The quantitative estimate of drug-likeness (QED) is 0.199. The van der Waals surface area contributed by atoms with Crippen molar-refractivity contribution >= 4 is 56.8 Å². The lowest BCUT2D eigenvalue weighted by Crippen LogP contribution is -2.34. The Morgan fingerprint density at radius 1 is 1.08 bits per heavy atom. The van der Waals surface area contributed by atoms with Gasteiger partial charge in [-0.2, -0.15) is 19.6 Å². The number of fused-ring (bicyclic) bond motifs is 2. The summed E-state index contributed by atoms with van der Waals surface area (Å²) in [5.74, 6) is 1.03. The van der Waals surface area contributed by atoms with Crippen molar-refractivity contribution in [2.45, 2.75) is 37.0 Å². The maximum atomic E-state index is 13.5. The Morgan fingerprint density at radius 2 is 1.87 bits per heavy atom. The van der Waals surface area contributed by atoms with Crippen LogP contribution in [0.3, 0.4) is 0 Å². The van der Waals surface area contributed by atoms with Crippen molar-refractivity contribution in [2.24, 2.45) is 0 Å². The Kier molecular flexibility index (Phi) is 7.74. The molecule has 208 valence electrons. The first-order valence-electron chi connectivity index (χ1n) is 12.8. The van der Waals surface area contributed by atoms with Crippen molar-refractivity contribution in [1.29, 1.82) is 0 Å². The summed E-state index contributed by atoms with van der Waals surface area (Å²) in [6.07, 6.45) is 3.78. The number of rotatable bonds is 9. The van der Waals surface area contributed by atoms with Crippen LogP contribution in [-0.2, 0) is 32.4 Å². The highest BCUT2D eigenvalue weighted by molar-refractivity contribution is 8.45. The van der Waals surface area contributed by atoms with Gasteiger partial charge in [0.2, 0.25) is 11.9 Å². The highest BCUT2D eigenvalue weighted by Crippen LogP contribution is 2.37. The first-order valence-corrected chi connectivity index (χ1v) is 18.2. The van der Waals surface area contributed by atoms with E-state index in [9.17, 15) is 12.6 Å². The predicted molar refractivity (Wildman–Crippen MR) is 162 cm³/mol. The summed E-state index contributed by atoms with van der Waals surface area (Å²) in [5.41, 5.74) is 4.60. The van der Waals surface area contributed by atoms with E-state index in [2.05, 4.69) is 46.2 Å². The second kappa shape index (κ2) is 10.9. The van der Waals surface area contributed by atoms with Crippen LogP contribution >= 0.6 is 8.44 Å². The molecule has 10 nitrogen and oxygen atoms in total. The van der Waals surface area contributed by atoms with E-state index < -0.39 is 19.4 Å². The van der Waals surface area contributed by atoms with Gasteiger partial charge in [-0.3, -0.25) is 9.11 Å². The normalized spacial score (nSPS) is 14.9. The molecule has 2 aromatic carbocycles. The number of benzene rings is 2. The zero-order chi connectivity index (χ0) is 27.8. The van der Waals surface area contributed by atoms with E-state index in [1.54, 1.807) is 16.8 Å². The number of hydrogen-bond donors (Lipinski definition) is 3. The summed E-state index contributed by atoms with van der Waals surface area (Å²) in [7, 11) is -3.12. The maximum absolute atomic E-state index is 13.5. The van der Waals surface area contributed by atoms with E-state index in [4.69, 9.17) is 4.98 Å². The molecule has 0 fully saturated rings. The number of nitrogens with one attached hydrogen (secondary N) is 2. The summed E-state index contributed by atoms with van der Waals surface area (Å²) in [6, 6.07) is 15.5. The summed E-state index contributed by atoms with van der Waals surface area (Å²) in [5, 5.41) is 11.0. The molecule has 0 bridgehead atoms. The fourth-order valence-corrected chi connectivity index (χ4v) is 7.20. The lowest BCUT2D eigenvalue weighted by molar-refractivity contribution is 0.269. The van der Waals surface area contributed by atoms with Crippen LogP contribution < -0.4 is 10.6 Å². The topological polar surface area (TPSA) is 122 Å². The molecular weight excluding hydrogens is 553 g/mol. The van der Waals surface area contributed by atoms with Gasteiger partial charge in [0.15, 0.2) is 5.65 Å². The summed E-state index contributed by atoms with van der Waals surface area (Å²) in [4.78, 5) is 12.2. The maximum Gasteiger partial charge on any atom is 0.233 e. The molecule has 1 unspecified atom stereocenters. The molecule has 0 saturated carbocycles. The number of sulfone groups is 1. The van der Waals surface area contributed by atoms with Crippen molar-refractivity contribution in [3.05, 3.63) is 65.9 Å². The smallest absolute Gasteiger partial charge is 0.233 e. The van der Waals surface area contributed by atoms with Gasteiger partial charge < -0.3 is 10.6 Å². The third-order valence-electron chi connectivity index (χ3n) is 6.88. The number of hydrogen-bond acceptors (Lipinski definition) is 9. The fourth-order valence-electron chi connectivity index (χ4n) is 4.55. The number of para-hydroxylation sites is 1. The summed E-state index contributed by atoms with van der Waals surface area (Å²) >= 11 is 0. The monoisotopic (exact) mass is 587 g/mol. The molecule has 2 N–H and O–H groups in total. The zero-order valence-corrected chi connectivity index (χ0v) is 25.1. The van der Waals surface area contributed by atoms with Crippen LogP contribution in [0.4, 0.5) is 23.3 Å². The largest absolute Gasteiger partial charge is 0.324 e. The van der Waals surface area contributed by atoms with Gasteiger partial charge in [-0.25, -0.2) is 8.42 Å². The van der Waals surface area contributed by atoms with Crippen molar-refractivity contribution < 1.29 is 12.6 Å². The minimum absolute atomic E-state index is 0.0337. The van der Waals surface area contributed by atoms with Gasteiger partial charge in [-0.15, -0.1) is 0 Å². The van der Waals surface area contributed by atoms with E-state index in [1.807, 2.05) is 44.2 Å². The molecule has 0 amide bonds. The van der Waals surface area contributed by atoms with Crippen molar-refractivity contribution in [3.8, 4) is 0 Å². The molecule has 1 aliphatic rings. The molecule has 5 rings (SSSR count). The number of thiol groups is 1. The van der Waals surface area contributed by atoms with Crippen LogP contribution in [0.1, 0.15) is 25.0 Å². The molecule has 1 atom stereocenters. The number of anilines is 4. The van der Waals surface area contributed by atoms with E-state index in [0.717, 1.165) is 30.1 Å². The van der Waals surface area contributed by atoms with Crippen molar-refractivity contribution in [3.63, 3.8) is 0 Å². The number of nitrogens with zero attached hydrogens (tertiary/aromatic N) is 5. The molecular formula is C26H34N7O3PS2. The molecule has 39 heavy (non-hydrogen) atoms. The minimum Gasteiger partial charge on any atom is -0.324 e. The standard InChI is InChI=1S/C26H34N7O3PS2/c1-18(2)39(36,37)23-7-5-4-6-22(23)29-26-31-25(30-24-10-12-27-33(24)26)28-21-9-8-20-17-32(13-11-19(20)16-21)14-15-38(3,34)35/h4-10,12,16,18,39H,11,13-15,17,37H2,1-3H3,(H2,28,29,30,31). The Morgan fingerprint density at radius 3 is 2.64 bits per heavy atom. The van der Waals surface area contributed by atoms with Gasteiger partial charge in [-0.1, -0.05) is 50.0 Å². The highest BCUT2D eigenvalue weighted by Gasteiger charge is 2.22. The zero-order valence-electron chi connectivity index (χ0n) is 22.2. The molecule has 0 aliphatic carbocycles. The van der Waals surface area contributed by atoms with E-state index in [-0.39, 0.29) is 11.0 Å². The van der Waals surface area contributed by atoms with Gasteiger partial charge >= 0.3 is 0 Å². The van der Waals surface area contributed by atoms with Gasteiger partial charge in [-0.05, 0) is 41.8 Å². The summed E-state index contributed by atoms with van der Waals surface area (Å²) in [6.45, 7) is 5.99. The van der Waals surface area contributed by atoms with Crippen LogP contribution in [0, 0.1) is 0 Å². The molecule has 0 saturated heterocycles. The van der Waals surface area contributed by atoms with Crippen LogP contribution in [-0.4, -0.2) is 67.5 Å². The molecule has 13 heteroatoms. The van der Waals surface area contributed by atoms with Gasteiger partial charge in [0, 0.05) is 47.8 Å². The fraction of sp³-hybridized carbons (Fsp3) is 0.346. The van der Waals surface area contributed by atoms with Gasteiger partial charge in [0.25, 0.3) is 0 Å².